The predicted octanol–water partition coefficient (Wildman–Crippen LogP) is 0.0899. The van der Waals surface area contributed by atoms with E-state index in [1.54, 1.807) is 31.2 Å². The van der Waals surface area contributed by atoms with Gasteiger partial charge in [0.15, 0.2) is 9.84 Å². The minimum absolute atomic E-state index is 0.0515. The Labute approximate surface area is 133 Å². The maximum absolute atomic E-state index is 12.3. The summed E-state index contributed by atoms with van der Waals surface area (Å²) in [6.45, 7) is 1.66. The van der Waals surface area contributed by atoms with Gasteiger partial charge in [0.1, 0.15) is 6.54 Å². The number of hydrogen-bond acceptors (Lipinski definition) is 5. The summed E-state index contributed by atoms with van der Waals surface area (Å²) >= 11 is 0. The van der Waals surface area contributed by atoms with Crippen molar-refractivity contribution in [1.29, 1.82) is 0 Å². The van der Waals surface area contributed by atoms with Gasteiger partial charge < -0.3 is 5.32 Å². The van der Waals surface area contributed by atoms with E-state index >= 15 is 0 Å². The lowest BCUT2D eigenvalue weighted by Crippen LogP contribution is -2.48. The van der Waals surface area contributed by atoms with E-state index in [-0.39, 0.29) is 29.4 Å². The summed E-state index contributed by atoms with van der Waals surface area (Å²) in [5.74, 6) is -0.293. The van der Waals surface area contributed by atoms with Crippen LogP contribution in [0.4, 0.5) is 0 Å². The van der Waals surface area contributed by atoms with Crippen LogP contribution in [0.25, 0.3) is 10.9 Å². The fourth-order valence-corrected chi connectivity index (χ4v) is 5.00. The highest BCUT2D eigenvalue weighted by atomic mass is 32.2. The summed E-state index contributed by atoms with van der Waals surface area (Å²) in [5.41, 5.74) is -0.379. The van der Waals surface area contributed by atoms with Crippen molar-refractivity contribution in [2.24, 2.45) is 0 Å². The molecule has 7 nitrogen and oxygen atoms in total. The first-order valence-electron chi connectivity index (χ1n) is 7.24. The Kier molecular flexibility index (Phi) is 3.71. The van der Waals surface area contributed by atoms with Crippen molar-refractivity contribution in [3.05, 3.63) is 40.7 Å². The van der Waals surface area contributed by atoms with Crippen LogP contribution in [0.1, 0.15) is 13.3 Å². The van der Waals surface area contributed by atoms with Gasteiger partial charge in [-0.15, -0.1) is 0 Å². The molecule has 1 aliphatic rings. The second-order valence-corrected chi connectivity index (χ2v) is 8.32. The van der Waals surface area contributed by atoms with Gasteiger partial charge in [-0.1, -0.05) is 12.1 Å². The second kappa shape index (κ2) is 5.45. The third-order valence-corrected chi connectivity index (χ3v) is 5.90. The topological polar surface area (TPSA) is 98.1 Å². The lowest BCUT2D eigenvalue weighted by Gasteiger charge is -2.24. The predicted molar refractivity (Wildman–Crippen MR) is 85.8 cm³/mol. The molecule has 1 saturated heterocycles. The Morgan fingerprint density at radius 3 is 2.83 bits per heavy atom. The van der Waals surface area contributed by atoms with Crippen LogP contribution in [0, 0.1) is 0 Å². The zero-order valence-electron chi connectivity index (χ0n) is 12.7. The average Bonchev–Trinajstić information content (AvgIpc) is 2.75. The quantitative estimate of drug-likeness (QED) is 0.857. The van der Waals surface area contributed by atoms with E-state index in [0.717, 1.165) is 0 Å². The van der Waals surface area contributed by atoms with Crippen molar-refractivity contribution < 1.29 is 13.2 Å². The fraction of sp³-hybridized carbons (Fsp3) is 0.400. The number of fused-ring (bicyclic) bond motifs is 1. The maximum atomic E-state index is 12.3. The van der Waals surface area contributed by atoms with Gasteiger partial charge in [-0.2, -0.15) is 5.10 Å². The molecule has 1 aromatic carbocycles. The maximum Gasteiger partial charge on any atom is 0.242 e. The number of rotatable bonds is 3. The molecule has 0 aliphatic carbocycles. The largest absolute Gasteiger partial charge is 0.348 e. The third kappa shape index (κ3) is 3.26. The van der Waals surface area contributed by atoms with Gasteiger partial charge in [-0.3, -0.25) is 14.3 Å². The van der Waals surface area contributed by atoms with Gasteiger partial charge in [0.2, 0.25) is 11.3 Å². The smallest absolute Gasteiger partial charge is 0.242 e. The number of para-hydroxylation sites is 1. The molecule has 1 N–H and O–H groups in total. The van der Waals surface area contributed by atoms with Crippen molar-refractivity contribution in [3.63, 3.8) is 0 Å². The molecule has 1 fully saturated rings. The Hall–Kier alpha value is -2.22. The summed E-state index contributed by atoms with van der Waals surface area (Å²) in [6, 6.07) is 6.92. The summed E-state index contributed by atoms with van der Waals surface area (Å²) in [7, 11) is -3.09. The summed E-state index contributed by atoms with van der Waals surface area (Å²) < 4.78 is 24.6. The normalized spacial score (nSPS) is 23.0. The van der Waals surface area contributed by atoms with Crippen molar-refractivity contribution >= 4 is 26.6 Å². The van der Waals surface area contributed by atoms with Gasteiger partial charge in [0.25, 0.3) is 0 Å². The molecule has 2 heterocycles. The molecule has 0 bridgehead atoms. The minimum atomic E-state index is -3.09. The second-order valence-electron chi connectivity index (χ2n) is 6.13. The van der Waals surface area contributed by atoms with Crippen LogP contribution in [-0.4, -0.2) is 41.2 Å². The number of benzene rings is 1. The number of nitrogens with zero attached hydrogens (tertiary/aromatic N) is 2. The Morgan fingerprint density at radius 2 is 2.13 bits per heavy atom. The SMILES string of the molecule is C[C@]1(NC(=O)Cn2ncc(=O)c3ccccc32)CCS(=O)(=O)C1. The third-order valence-electron chi connectivity index (χ3n) is 4.00. The molecule has 0 unspecified atom stereocenters. The fourth-order valence-electron chi connectivity index (χ4n) is 2.91. The molecule has 1 aromatic heterocycles. The summed E-state index contributed by atoms with van der Waals surface area (Å²) in [5, 5.41) is 7.27. The molecule has 0 saturated carbocycles. The highest BCUT2D eigenvalue weighted by molar-refractivity contribution is 7.91. The number of carbonyl (C=O) groups excluding carboxylic acids is 1. The molecule has 1 amide bonds. The first-order valence-corrected chi connectivity index (χ1v) is 9.07. The van der Waals surface area contributed by atoms with Crippen LogP contribution in [-0.2, 0) is 21.2 Å². The standard InChI is InChI=1S/C15H17N3O4S/c1-15(6-7-23(21,22)10-15)17-14(20)9-18-12-5-3-2-4-11(12)13(19)8-16-18/h2-5,8H,6-7,9-10H2,1H3,(H,17,20)/t15-/m0/s1. The van der Waals surface area contributed by atoms with E-state index in [2.05, 4.69) is 10.4 Å². The molecule has 122 valence electrons. The van der Waals surface area contributed by atoms with Crippen LogP contribution in [0.15, 0.2) is 35.3 Å². The molecule has 3 rings (SSSR count). The molecule has 23 heavy (non-hydrogen) atoms. The molecule has 2 aromatic rings. The number of carbonyl (C=O) groups is 1. The van der Waals surface area contributed by atoms with Gasteiger partial charge in [0.05, 0.1) is 28.8 Å². The minimum Gasteiger partial charge on any atom is -0.348 e. The van der Waals surface area contributed by atoms with Crippen molar-refractivity contribution in [3.8, 4) is 0 Å². The molecular weight excluding hydrogens is 318 g/mol. The summed E-state index contributed by atoms with van der Waals surface area (Å²) in [6.07, 6.45) is 1.58. The number of hydrogen-bond donors (Lipinski definition) is 1. The van der Waals surface area contributed by atoms with E-state index in [1.807, 2.05) is 0 Å². The number of nitrogens with one attached hydrogen (secondary N) is 1. The lowest BCUT2D eigenvalue weighted by atomic mass is 10.0. The van der Waals surface area contributed by atoms with Crippen LogP contribution in [0.5, 0.6) is 0 Å². The van der Waals surface area contributed by atoms with Crippen LogP contribution in [0.3, 0.4) is 0 Å². The molecule has 1 atom stereocenters. The average molecular weight is 335 g/mol. The van der Waals surface area contributed by atoms with E-state index in [9.17, 15) is 18.0 Å². The van der Waals surface area contributed by atoms with E-state index in [1.165, 1.54) is 10.9 Å². The first-order chi connectivity index (χ1) is 10.8. The molecule has 8 heteroatoms. The van der Waals surface area contributed by atoms with Gasteiger partial charge >= 0.3 is 0 Å². The number of sulfone groups is 1. The monoisotopic (exact) mass is 335 g/mol. The van der Waals surface area contributed by atoms with Crippen molar-refractivity contribution in [1.82, 2.24) is 15.1 Å². The van der Waals surface area contributed by atoms with Crippen LogP contribution in [0.2, 0.25) is 0 Å². The molecule has 0 spiro atoms. The van der Waals surface area contributed by atoms with Gasteiger partial charge in [-0.25, -0.2) is 8.42 Å². The molecule has 1 aliphatic heterocycles. The first kappa shape index (κ1) is 15.7. The Balaban J connectivity index is 1.82. The van der Waals surface area contributed by atoms with Crippen molar-refractivity contribution in [2.45, 2.75) is 25.4 Å². The van der Waals surface area contributed by atoms with Crippen LogP contribution < -0.4 is 10.7 Å². The van der Waals surface area contributed by atoms with Gasteiger partial charge in [-0.05, 0) is 25.5 Å². The van der Waals surface area contributed by atoms with Crippen molar-refractivity contribution in [2.75, 3.05) is 11.5 Å². The Bertz CT molecular complexity index is 935. The summed E-state index contributed by atoms with van der Waals surface area (Å²) in [4.78, 5) is 24.0. The highest BCUT2D eigenvalue weighted by Gasteiger charge is 2.39. The molecule has 0 radical (unpaired) electrons. The molecular formula is C15H17N3O4S. The number of amides is 1. The number of aromatic nitrogens is 2. The van der Waals surface area contributed by atoms with Gasteiger partial charge in [0, 0.05) is 5.39 Å². The van der Waals surface area contributed by atoms with E-state index in [4.69, 9.17) is 0 Å². The van der Waals surface area contributed by atoms with E-state index < -0.39 is 15.4 Å². The zero-order chi connectivity index (χ0) is 16.7. The van der Waals surface area contributed by atoms with E-state index in [0.29, 0.717) is 17.3 Å². The Morgan fingerprint density at radius 1 is 1.39 bits per heavy atom. The highest BCUT2D eigenvalue weighted by Crippen LogP contribution is 2.22. The van der Waals surface area contributed by atoms with Crippen LogP contribution >= 0.6 is 0 Å². The zero-order valence-corrected chi connectivity index (χ0v) is 13.5. The lowest BCUT2D eigenvalue weighted by molar-refractivity contribution is -0.123.